The summed E-state index contributed by atoms with van der Waals surface area (Å²) < 4.78 is 38.0. The van der Waals surface area contributed by atoms with Crippen molar-refractivity contribution in [3.05, 3.63) is 76.7 Å². The molecule has 0 radical (unpaired) electrons. The Bertz CT molecular complexity index is 1100. The minimum absolute atomic E-state index is 0.307. The zero-order valence-corrected chi connectivity index (χ0v) is 20.6. The van der Waals surface area contributed by atoms with E-state index in [1.54, 1.807) is 13.3 Å². The molecule has 3 heterocycles. The molecule has 0 bridgehead atoms. The summed E-state index contributed by atoms with van der Waals surface area (Å²) >= 11 is 7.87. The number of nitrogens with one attached hydrogen (secondary N) is 1. The summed E-state index contributed by atoms with van der Waals surface area (Å²) in [7, 11) is 0. The van der Waals surface area contributed by atoms with Crippen LogP contribution in [0.2, 0.25) is 4.34 Å². The molecule has 9 heteroatoms. The van der Waals surface area contributed by atoms with Crippen molar-refractivity contribution in [1.29, 1.82) is 0 Å². The highest BCUT2D eigenvalue weighted by Crippen LogP contribution is 2.38. The van der Waals surface area contributed by atoms with E-state index in [1.807, 2.05) is 6.08 Å². The van der Waals surface area contributed by atoms with Gasteiger partial charge in [-0.15, -0.1) is 17.9 Å². The number of halogens is 4. The third-order valence-electron chi connectivity index (χ3n) is 5.58. The van der Waals surface area contributed by atoms with Crippen molar-refractivity contribution < 1.29 is 13.2 Å². The van der Waals surface area contributed by atoms with E-state index in [1.165, 1.54) is 29.5 Å². The Labute approximate surface area is 207 Å². The first-order valence-corrected chi connectivity index (χ1v) is 12.3. The molecule has 4 nitrogen and oxygen atoms in total. The maximum atomic E-state index is 13.4. The summed E-state index contributed by atoms with van der Waals surface area (Å²) in [5, 5.41) is 4.57. The highest BCUT2D eigenvalue weighted by Gasteiger charge is 2.22. The number of likely N-dealkylation sites (tertiary alicyclic amines) is 1. The molecule has 1 aromatic carbocycles. The van der Waals surface area contributed by atoms with Crippen LogP contribution in [0, 0.1) is 11.6 Å². The van der Waals surface area contributed by atoms with E-state index in [2.05, 4.69) is 26.8 Å². The molecule has 1 aliphatic heterocycles. The molecule has 0 atom stereocenters. The van der Waals surface area contributed by atoms with Gasteiger partial charge in [-0.2, -0.15) is 0 Å². The second-order valence-electron chi connectivity index (χ2n) is 8.00. The molecule has 0 spiro atoms. The zero-order chi connectivity index (χ0) is 24.5. The van der Waals surface area contributed by atoms with Crippen molar-refractivity contribution in [2.24, 2.45) is 0 Å². The number of thiophene rings is 1. The SMILES string of the molecule is C/C=C/F.C=CCc1c(Cl)sc2ncnc(NC3CCN(CCc4cc(F)cc(F)c4)CC3)c12. The van der Waals surface area contributed by atoms with Crippen LogP contribution in [0.3, 0.4) is 0 Å². The molecular formula is C25H28ClF3N4S. The lowest BCUT2D eigenvalue weighted by atomic mass is 10.0. The first kappa shape index (κ1) is 26.2. The lowest BCUT2D eigenvalue weighted by Crippen LogP contribution is -2.40. The fraction of sp³-hybridized carbons (Fsp3) is 0.360. The molecule has 34 heavy (non-hydrogen) atoms. The van der Waals surface area contributed by atoms with Gasteiger partial charge >= 0.3 is 0 Å². The summed E-state index contributed by atoms with van der Waals surface area (Å²) in [6.45, 7) is 8.09. The molecular weight excluding hydrogens is 481 g/mol. The number of piperidine rings is 1. The van der Waals surface area contributed by atoms with Crippen molar-refractivity contribution in [3.8, 4) is 0 Å². The molecule has 4 rings (SSSR count). The third kappa shape index (κ3) is 7.04. The quantitative estimate of drug-likeness (QED) is 0.350. The first-order chi connectivity index (χ1) is 16.4. The number of fused-ring (bicyclic) bond motifs is 1. The van der Waals surface area contributed by atoms with E-state index >= 15 is 0 Å². The van der Waals surface area contributed by atoms with Crippen LogP contribution in [0.4, 0.5) is 19.0 Å². The number of hydrogen-bond acceptors (Lipinski definition) is 5. The molecule has 1 fully saturated rings. The van der Waals surface area contributed by atoms with Crippen molar-refractivity contribution in [2.75, 3.05) is 25.0 Å². The van der Waals surface area contributed by atoms with E-state index in [9.17, 15) is 13.2 Å². The van der Waals surface area contributed by atoms with Gasteiger partial charge in [0.15, 0.2) is 0 Å². The number of anilines is 1. The fourth-order valence-corrected chi connectivity index (χ4v) is 5.23. The Morgan fingerprint density at radius 1 is 1.21 bits per heavy atom. The van der Waals surface area contributed by atoms with Gasteiger partial charge in [-0.05, 0) is 55.9 Å². The normalized spacial score (nSPS) is 14.9. The number of benzene rings is 1. The van der Waals surface area contributed by atoms with Gasteiger partial charge in [-0.1, -0.05) is 23.8 Å². The lowest BCUT2D eigenvalue weighted by Gasteiger charge is -2.32. The largest absolute Gasteiger partial charge is 0.367 e. The molecule has 182 valence electrons. The van der Waals surface area contributed by atoms with E-state index in [4.69, 9.17) is 11.6 Å². The highest BCUT2D eigenvalue weighted by atomic mass is 35.5. The Morgan fingerprint density at radius 2 is 1.88 bits per heavy atom. The summed E-state index contributed by atoms with van der Waals surface area (Å²) in [6, 6.07) is 4.03. The smallest absolute Gasteiger partial charge is 0.138 e. The second-order valence-corrected chi connectivity index (χ2v) is 9.60. The zero-order valence-electron chi connectivity index (χ0n) is 19.0. The van der Waals surface area contributed by atoms with Crippen LogP contribution >= 0.6 is 22.9 Å². The van der Waals surface area contributed by atoms with E-state index in [0.717, 1.165) is 64.5 Å². The van der Waals surface area contributed by atoms with Gasteiger partial charge in [-0.25, -0.2) is 23.1 Å². The molecule has 0 aliphatic carbocycles. The van der Waals surface area contributed by atoms with Crippen molar-refractivity contribution in [3.63, 3.8) is 0 Å². The Balaban J connectivity index is 0.000000751. The lowest BCUT2D eigenvalue weighted by molar-refractivity contribution is 0.221. The Kier molecular flexibility index (Phi) is 9.92. The van der Waals surface area contributed by atoms with E-state index < -0.39 is 11.6 Å². The van der Waals surface area contributed by atoms with E-state index in [-0.39, 0.29) is 0 Å². The van der Waals surface area contributed by atoms with Gasteiger partial charge in [0, 0.05) is 31.7 Å². The average Bonchev–Trinajstić information content (AvgIpc) is 3.14. The molecule has 0 amide bonds. The minimum atomic E-state index is -0.520. The van der Waals surface area contributed by atoms with Crippen LogP contribution in [0.1, 0.15) is 30.9 Å². The van der Waals surface area contributed by atoms with Gasteiger partial charge in [0.1, 0.15) is 28.6 Å². The number of hydrogen-bond donors (Lipinski definition) is 1. The number of rotatable bonds is 7. The molecule has 1 N–H and O–H groups in total. The highest BCUT2D eigenvalue weighted by molar-refractivity contribution is 7.22. The number of allylic oxidation sites excluding steroid dienone is 2. The van der Waals surface area contributed by atoms with E-state index in [0.29, 0.717) is 30.8 Å². The molecule has 0 unspecified atom stereocenters. The molecule has 1 aliphatic rings. The topological polar surface area (TPSA) is 41.1 Å². The fourth-order valence-electron chi connectivity index (χ4n) is 3.94. The standard InChI is InChI=1S/C22H23ClF2N4S.C3H5F/c1-2-3-18-19-21(26-13-27-22(19)30-20(18)23)28-17-5-8-29(9-6-17)7-4-14-10-15(24)12-16(25)11-14;1-2-3-4/h2,10-13,17H,1,3-9H2,(H,26,27,28);2-3H,1H3/b;3-2+. The van der Waals surface area contributed by atoms with Crippen LogP contribution < -0.4 is 5.32 Å². The maximum Gasteiger partial charge on any atom is 0.138 e. The number of aromatic nitrogens is 2. The van der Waals surface area contributed by atoms with Gasteiger partial charge < -0.3 is 10.2 Å². The molecule has 2 aromatic heterocycles. The monoisotopic (exact) mass is 508 g/mol. The predicted octanol–water partition coefficient (Wildman–Crippen LogP) is 6.96. The Hall–Kier alpha value is -2.42. The van der Waals surface area contributed by atoms with Crippen LogP contribution in [-0.4, -0.2) is 40.5 Å². The summed E-state index contributed by atoms with van der Waals surface area (Å²) in [6.07, 6.45) is 8.50. The average molecular weight is 509 g/mol. The van der Waals surface area contributed by atoms with Crippen molar-refractivity contribution >= 4 is 39.0 Å². The van der Waals surface area contributed by atoms with Crippen LogP contribution in [0.25, 0.3) is 10.2 Å². The predicted molar refractivity (Wildman–Crippen MR) is 135 cm³/mol. The minimum Gasteiger partial charge on any atom is -0.367 e. The first-order valence-electron chi connectivity index (χ1n) is 11.1. The summed E-state index contributed by atoms with van der Waals surface area (Å²) in [5.41, 5.74) is 1.72. The third-order valence-corrected chi connectivity index (χ3v) is 6.97. The van der Waals surface area contributed by atoms with Crippen LogP contribution in [-0.2, 0) is 12.8 Å². The summed E-state index contributed by atoms with van der Waals surface area (Å²) in [4.78, 5) is 12.1. The second kappa shape index (κ2) is 12.9. The van der Waals surface area contributed by atoms with Crippen LogP contribution in [0.5, 0.6) is 0 Å². The summed E-state index contributed by atoms with van der Waals surface area (Å²) in [5.74, 6) is -0.212. The maximum absolute atomic E-state index is 13.4. The number of nitrogens with zero attached hydrogens (tertiary/aromatic N) is 3. The Morgan fingerprint density at radius 3 is 2.50 bits per heavy atom. The van der Waals surface area contributed by atoms with Gasteiger partial charge in [0.2, 0.25) is 0 Å². The molecule has 3 aromatic rings. The van der Waals surface area contributed by atoms with Crippen molar-refractivity contribution in [2.45, 2.75) is 38.6 Å². The molecule has 0 saturated carbocycles. The van der Waals surface area contributed by atoms with Gasteiger partial charge in [0.25, 0.3) is 0 Å². The van der Waals surface area contributed by atoms with Gasteiger partial charge in [0.05, 0.1) is 16.1 Å². The van der Waals surface area contributed by atoms with Crippen LogP contribution in [0.15, 0.2) is 49.6 Å². The van der Waals surface area contributed by atoms with Gasteiger partial charge in [-0.3, -0.25) is 0 Å². The van der Waals surface area contributed by atoms with Crippen molar-refractivity contribution in [1.82, 2.24) is 14.9 Å². The molecule has 1 saturated heterocycles.